The Hall–Kier alpha value is -3.04. The van der Waals surface area contributed by atoms with Crippen LogP contribution in [0.15, 0.2) is 36.5 Å². The van der Waals surface area contributed by atoms with Gasteiger partial charge in [0.05, 0.1) is 19.0 Å². The summed E-state index contributed by atoms with van der Waals surface area (Å²) in [6.07, 6.45) is 3.47. The van der Waals surface area contributed by atoms with Crippen LogP contribution in [-0.4, -0.2) is 49.6 Å². The summed E-state index contributed by atoms with van der Waals surface area (Å²) in [5, 5.41) is 5.86. The minimum absolute atomic E-state index is 0.204. The van der Waals surface area contributed by atoms with E-state index in [2.05, 4.69) is 59.5 Å². The number of urea groups is 1. The minimum Gasteiger partial charge on any atom is -0.496 e. The number of hydrogen-bond acceptors (Lipinski definition) is 6. The van der Waals surface area contributed by atoms with Crippen LogP contribution in [0.5, 0.6) is 5.75 Å². The van der Waals surface area contributed by atoms with Crippen molar-refractivity contribution in [1.82, 2.24) is 20.3 Å². The van der Waals surface area contributed by atoms with Crippen molar-refractivity contribution in [1.29, 1.82) is 0 Å². The van der Waals surface area contributed by atoms with Gasteiger partial charge in [-0.1, -0.05) is 32.9 Å². The molecule has 0 aliphatic carbocycles. The second-order valence-corrected chi connectivity index (χ2v) is 15.0. The Morgan fingerprint density at radius 1 is 1.09 bits per heavy atom. The number of unbranched alkanes of at least 4 members (excludes halogenated alkanes) is 1. The van der Waals surface area contributed by atoms with Gasteiger partial charge in [-0.15, -0.1) is 0 Å². The summed E-state index contributed by atoms with van der Waals surface area (Å²) in [6.45, 7) is 14.5. The summed E-state index contributed by atoms with van der Waals surface area (Å²) >= 11 is 0. The van der Waals surface area contributed by atoms with Gasteiger partial charge >= 0.3 is 6.03 Å². The molecule has 35 heavy (non-hydrogen) atoms. The van der Waals surface area contributed by atoms with Gasteiger partial charge in [0, 0.05) is 18.7 Å². The smallest absolute Gasteiger partial charge is 0.320 e. The van der Waals surface area contributed by atoms with Crippen LogP contribution in [0, 0.1) is 6.92 Å². The predicted octanol–water partition coefficient (Wildman–Crippen LogP) is 5.93. The fraction of sp³-hybridized carbons (Fsp3) is 0.462. The third-order valence-corrected chi connectivity index (χ3v) is 11.0. The molecule has 0 unspecified atom stereocenters. The number of carbonyl (C=O) groups excluding carboxylic acids is 1. The van der Waals surface area contributed by atoms with Crippen molar-refractivity contribution in [2.45, 2.75) is 58.7 Å². The molecule has 3 aromatic rings. The summed E-state index contributed by atoms with van der Waals surface area (Å²) in [6, 6.07) is 9.10. The van der Waals surface area contributed by atoms with E-state index in [-0.39, 0.29) is 11.1 Å². The van der Waals surface area contributed by atoms with Crippen LogP contribution < -0.4 is 15.4 Å². The fourth-order valence-corrected chi connectivity index (χ4v) is 4.31. The quantitative estimate of drug-likeness (QED) is 0.282. The average molecular weight is 496 g/mol. The Balaban J connectivity index is 1.54. The zero-order chi connectivity index (χ0) is 25.6. The van der Waals surface area contributed by atoms with E-state index in [4.69, 9.17) is 9.16 Å². The van der Waals surface area contributed by atoms with E-state index in [1.807, 2.05) is 25.1 Å². The monoisotopic (exact) mass is 495 g/mol. The van der Waals surface area contributed by atoms with E-state index < -0.39 is 8.32 Å². The molecule has 0 fully saturated rings. The SMILES string of the molecule is COc1cc(-c2cnc3ccc(NC(=O)NCCCCO[Si](C)(C)C(C)(C)C)nc3n2)ccc1C. The van der Waals surface area contributed by atoms with Crippen molar-refractivity contribution in [2.75, 3.05) is 25.6 Å². The summed E-state index contributed by atoms with van der Waals surface area (Å²) in [4.78, 5) is 25.9. The van der Waals surface area contributed by atoms with Crippen molar-refractivity contribution >= 4 is 31.3 Å². The van der Waals surface area contributed by atoms with E-state index in [0.29, 0.717) is 29.2 Å². The Labute approximate surface area is 209 Å². The first-order valence-electron chi connectivity index (χ1n) is 12.0. The number of rotatable bonds is 9. The number of hydrogen-bond donors (Lipinski definition) is 2. The van der Waals surface area contributed by atoms with Crippen LogP contribution in [-0.2, 0) is 4.43 Å². The molecule has 0 radical (unpaired) electrons. The van der Waals surface area contributed by atoms with Crippen LogP contribution in [0.25, 0.3) is 22.4 Å². The first-order chi connectivity index (χ1) is 16.5. The molecule has 0 aliphatic rings. The zero-order valence-electron chi connectivity index (χ0n) is 21.9. The number of aromatic nitrogens is 3. The van der Waals surface area contributed by atoms with E-state index >= 15 is 0 Å². The van der Waals surface area contributed by atoms with Crippen molar-refractivity contribution < 1.29 is 14.0 Å². The van der Waals surface area contributed by atoms with Crippen molar-refractivity contribution in [3.05, 3.63) is 42.1 Å². The fourth-order valence-electron chi connectivity index (χ4n) is 3.22. The van der Waals surface area contributed by atoms with E-state index in [9.17, 15) is 4.79 Å². The van der Waals surface area contributed by atoms with E-state index in [0.717, 1.165) is 36.3 Å². The number of nitrogens with zero attached hydrogens (tertiary/aromatic N) is 3. The normalized spacial score (nSPS) is 12.0. The third kappa shape index (κ3) is 6.99. The number of ether oxygens (including phenoxy) is 1. The minimum atomic E-state index is -1.72. The Bertz CT molecular complexity index is 1180. The van der Waals surface area contributed by atoms with Gasteiger partial charge in [0.25, 0.3) is 0 Å². The predicted molar refractivity (Wildman–Crippen MR) is 143 cm³/mol. The van der Waals surface area contributed by atoms with Crippen LogP contribution in [0.4, 0.5) is 10.6 Å². The van der Waals surface area contributed by atoms with Gasteiger partial charge in [-0.05, 0) is 61.7 Å². The molecule has 0 aliphatic heterocycles. The molecular weight excluding hydrogens is 458 g/mol. The number of fused-ring (bicyclic) bond motifs is 1. The van der Waals surface area contributed by atoms with Crippen LogP contribution in [0.1, 0.15) is 39.2 Å². The second kappa shape index (κ2) is 11.1. The molecule has 2 aromatic heterocycles. The molecular formula is C26H37N5O3Si. The topological polar surface area (TPSA) is 98.3 Å². The lowest BCUT2D eigenvalue weighted by atomic mass is 10.1. The molecule has 1 aromatic carbocycles. The molecule has 0 bridgehead atoms. The van der Waals surface area contributed by atoms with Crippen molar-refractivity contribution in [3.63, 3.8) is 0 Å². The molecule has 2 heterocycles. The number of anilines is 1. The Kier molecular flexibility index (Phi) is 8.45. The maximum absolute atomic E-state index is 12.3. The van der Waals surface area contributed by atoms with E-state index in [1.165, 1.54) is 0 Å². The van der Waals surface area contributed by atoms with Crippen LogP contribution >= 0.6 is 0 Å². The van der Waals surface area contributed by atoms with Crippen molar-refractivity contribution in [3.8, 4) is 17.0 Å². The highest BCUT2D eigenvalue weighted by Crippen LogP contribution is 2.36. The molecule has 9 heteroatoms. The Morgan fingerprint density at radius 3 is 2.57 bits per heavy atom. The third-order valence-electron chi connectivity index (χ3n) is 6.48. The average Bonchev–Trinajstić information content (AvgIpc) is 2.80. The molecule has 0 saturated heterocycles. The van der Waals surface area contributed by atoms with Gasteiger partial charge in [0.15, 0.2) is 14.0 Å². The summed E-state index contributed by atoms with van der Waals surface area (Å²) in [5.74, 6) is 1.21. The highest BCUT2D eigenvalue weighted by molar-refractivity contribution is 6.74. The molecule has 8 nitrogen and oxygen atoms in total. The molecule has 0 spiro atoms. The van der Waals surface area contributed by atoms with Crippen LogP contribution in [0.2, 0.25) is 18.1 Å². The number of pyridine rings is 1. The summed E-state index contributed by atoms with van der Waals surface area (Å²) < 4.78 is 11.6. The summed E-state index contributed by atoms with van der Waals surface area (Å²) in [7, 11) is -0.0743. The maximum Gasteiger partial charge on any atom is 0.320 e. The molecule has 0 saturated carbocycles. The van der Waals surface area contributed by atoms with Gasteiger partial charge in [0.2, 0.25) is 0 Å². The van der Waals surface area contributed by atoms with Gasteiger partial charge in [-0.3, -0.25) is 10.3 Å². The van der Waals surface area contributed by atoms with Crippen molar-refractivity contribution in [2.24, 2.45) is 0 Å². The van der Waals surface area contributed by atoms with Gasteiger partial charge in [0.1, 0.15) is 17.1 Å². The number of aryl methyl sites for hydroxylation is 1. The highest BCUT2D eigenvalue weighted by Gasteiger charge is 2.36. The van der Waals surface area contributed by atoms with Gasteiger partial charge in [-0.2, -0.15) is 0 Å². The lowest BCUT2D eigenvalue weighted by Crippen LogP contribution is -2.41. The molecule has 0 atom stereocenters. The maximum atomic E-state index is 12.3. The number of benzene rings is 1. The molecule has 2 N–H and O–H groups in total. The largest absolute Gasteiger partial charge is 0.496 e. The lowest BCUT2D eigenvalue weighted by molar-refractivity contribution is 0.250. The first-order valence-corrected chi connectivity index (χ1v) is 14.9. The van der Waals surface area contributed by atoms with Crippen LogP contribution in [0.3, 0.4) is 0 Å². The number of nitrogens with one attached hydrogen (secondary N) is 2. The zero-order valence-corrected chi connectivity index (χ0v) is 22.9. The number of methoxy groups -OCH3 is 1. The number of amides is 2. The molecule has 2 amide bonds. The van der Waals surface area contributed by atoms with Gasteiger partial charge in [-0.25, -0.2) is 14.8 Å². The van der Waals surface area contributed by atoms with E-state index in [1.54, 1.807) is 25.4 Å². The second-order valence-electron chi connectivity index (χ2n) is 10.2. The van der Waals surface area contributed by atoms with Gasteiger partial charge < -0.3 is 14.5 Å². The lowest BCUT2D eigenvalue weighted by Gasteiger charge is -2.36. The Morgan fingerprint density at radius 2 is 1.86 bits per heavy atom. The summed E-state index contributed by atoms with van der Waals surface area (Å²) in [5.41, 5.74) is 3.73. The first kappa shape index (κ1) is 26.6. The number of carbonyl (C=O) groups is 1. The molecule has 188 valence electrons. The molecule has 3 rings (SSSR count). The highest BCUT2D eigenvalue weighted by atomic mass is 28.4. The standard InChI is InChI=1S/C26H37N5O3Si/c1-18-10-11-19(16-22(18)33-5)21-17-28-20-12-13-23(30-24(20)29-21)31-25(32)27-14-8-9-15-34-35(6,7)26(2,3)4/h10-13,16-17H,8-9,14-15H2,1-7H3,(H2,27,29,30,31,32).